The molecule has 0 N–H and O–H groups in total. The van der Waals surface area contributed by atoms with Crippen LogP contribution < -0.4 is 0 Å². The standard InChI is InChI=1S/C15H16FNO3S2/c16-14-6-2-1-5-13(14)15-17-11(8-21-15)9-22(18,19)10-12-4-3-7-20-12/h1-2,5-6,8,12H,3-4,7,9-10H2/t12-/m0/s1. The molecule has 0 aliphatic carbocycles. The van der Waals surface area contributed by atoms with Crippen LogP contribution in [0.25, 0.3) is 10.6 Å². The fourth-order valence-electron chi connectivity index (χ4n) is 2.47. The van der Waals surface area contributed by atoms with Crippen LogP contribution >= 0.6 is 11.3 Å². The summed E-state index contributed by atoms with van der Waals surface area (Å²) in [5.74, 6) is -0.456. The van der Waals surface area contributed by atoms with Crippen molar-refractivity contribution in [3.63, 3.8) is 0 Å². The minimum absolute atomic E-state index is 0.0273. The van der Waals surface area contributed by atoms with Crippen molar-refractivity contribution in [2.75, 3.05) is 12.4 Å². The van der Waals surface area contributed by atoms with Crippen LogP contribution in [0, 0.1) is 5.82 Å². The maximum atomic E-state index is 13.7. The number of benzene rings is 1. The monoisotopic (exact) mass is 341 g/mol. The van der Waals surface area contributed by atoms with Crippen molar-refractivity contribution < 1.29 is 17.5 Å². The molecule has 1 aromatic carbocycles. The molecule has 0 radical (unpaired) electrons. The average molecular weight is 341 g/mol. The molecule has 118 valence electrons. The number of ether oxygens (including phenoxy) is 1. The molecule has 0 unspecified atom stereocenters. The number of thiazole rings is 1. The van der Waals surface area contributed by atoms with Gasteiger partial charge < -0.3 is 4.74 Å². The first-order valence-corrected chi connectivity index (χ1v) is 9.75. The lowest BCUT2D eigenvalue weighted by molar-refractivity contribution is 0.127. The van der Waals surface area contributed by atoms with Gasteiger partial charge in [-0.3, -0.25) is 0 Å². The summed E-state index contributed by atoms with van der Waals surface area (Å²) in [4.78, 5) is 4.26. The Balaban J connectivity index is 1.72. The van der Waals surface area contributed by atoms with Gasteiger partial charge in [-0.2, -0.15) is 0 Å². The Hall–Kier alpha value is -1.31. The summed E-state index contributed by atoms with van der Waals surface area (Å²) in [6.07, 6.45) is 1.50. The smallest absolute Gasteiger partial charge is 0.158 e. The van der Waals surface area contributed by atoms with E-state index in [0.717, 1.165) is 12.8 Å². The largest absolute Gasteiger partial charge is 0.377 e. The molecule has 1 fully saturated rings. The Morgan fingerprint density at radius 2 is 2.18 bits per heavy atom. The Morgan fingerprint density at radius 3 is 2.91 bits per heavy atom. The van der Waals surface area contributed by atoms with E-state index in [0.29, 0.717) is 22.9 Å². The molecule has 1 aromatic heterocycles. The maximum Gasteiger partial charge on any atom is 0.158 e. The minimum atomic E-state index is -3.27. The Morgan fingerprint density at radius 1 is 1.36 bits per heavy atom. The van der Waals surface area contributed by atoms with Crippen LogP contribution in [0.2, 0.25) is 0 Å². The van der Waals surface area contributed by atoms with Gasteiger partial charge in [-0.15, -0.1) is 11.3 Å². The fourth-order valence-corrected chi connectivity index (χ4v) is 4.97. The molecular weight excluding hydrogens is 325 g/mol. The SMILES string of the molecule is O=S(=O)(Cc1csc(-c2ccccc2F)n1)C[C@@H]1CCCO1. The second-order valence-electron chi connectivity index (χ2n) is 5.31. The van der Waals surface area contributed by atoms with Crippen LogP contribution in [0.4, 0.5) is 4.39 Å². The highest BCUT2D eigenvalue weighted by atomic mass is 32.2. The zero-order chi connectivity index (χ0) is 15.6. The molecule has 0 amide bonds. The molecular formula is C15H16FNO3S2. The van der Waals surface area contributed by atoms with Crippen molar-refractivity contribution in [2.45, 2.75) is 24.7 Å². The summed E-state index contributed by atoms with van der Waals surface area (Å²) < 4.78 is 43.5. The van der Waals surface area contributed by atoms with Crippen molar-refractivity contribution >= 4 is 21.2 Å². The van der Waals surface area contributed by atoms with E-state index in [9.17, 15) is 12.8 Å². The van der Waals surface area contributed by atoms with Crippen molar-refractivity contribution in [2.24, 2.45) is 0 Å². The Labute approximate surface area is 132 Å². The van der Waals surface area contributed by atoms with Gasteiger partial charge in [-0.05, 0) is 25.0 Å². The van der Waals surface area contributed by atoms with Gasteiger partial charge in [0.25, 0.3) is 0 Å². The van der Waals surface area contributed by atoms with E-state index < -0.39 is 9.84 Å². The van der Waals surface area contributed by atoms with E-state index in [1.54, 1.807) is 23.6 Å². The average Bonchev–Trinajstić information content (AvgIpc) is 3.10. The number of sulfone groups is 1. The number of nitrogens with zero attached hydrogens (tertiary/aromatic N) is 1. The summed E-state index contributed by atoms with van der Waals surface area (Å²) in [7, 11) is -3.27. The third kappa shape index (κ3) is 3.71. The number of rotatable bonds is 5. The topological polar surface area (TPSA) is 56.3 Å². The zero-order valence-electron chi connectivity index (χ0n) is 11.9. The van der Waals surface area contributed by atoms with Gasteiger partial charge in [-0.25, -0.2) is 17.8 Å². The van der Waals surface area contributed by atoms with Gasteiger partial charge in [0.2, 0.25) is 0 Å². The molecule has 2 heterocycles. The first-order valence-electron chi connectivity index (χ1n) is 7.05. The summed E-state index contributed by atoms with van der Waals surface area (Å²) in [6.45, 7) is 0.633. The Kier molecular flexibility index (Phi) is 4.56. The summed E-state index contributed by atoms with van der Waals surface area (Å²) in [5.41, 5.74) is 0.858. The third-order valence-electron chi connectivity index (χ3n) is 3.49. The van der Waals surface area contributed by atoms with Crippen LogP contribution in [0.3, 0.4) is 0 Å². The predicted octanol–water partition coefficient (Wildman–Crippen LogP) is 3.04. The highest BCUT2D eigenvalue weighted by Gasteiger charge is 2.24. The van der Waals surface area contributed by atoms with E-state index in [4.69, 9.17) is 4.74 Å². The van der Waals surface area contributed by atoms with Crippen LogP contribution in [-0.2, 0) is 20.3 Å². The van der Waals surface area contributed by atoms with Gasteiger partial charge in [0.15, 0.2) is 9.84 Å². The van der Waals surface area contributed by atoms with Gasteiger partial charge in [0.1, 0.15) is 10.8 Å². The molecule has 1 aliphatic rings. The fraction of sp³-hybridized carbons (Fsp3) is 0.400. The van der Waals surface area contributed by atoms with Crippen LogP contribution in [0.5, 0.6) is 0 Å². The van der Waals surface area contributed by atoms with Gasteiger partial charge in [0, 0.05) is 17.6 Å². The van der Waals surface area contributed by atoms with Crippen LogP contribution in [0.1, 0.15) is 18.5 Å². The van der Waals surface area contributed by atoms with E-state index in [1.807, 2.05) is 0 Å². The minimum Gasteiger partial charge on any atom is -0.377 e. The van der Waals surface area contributed by atoms with Gasteiger partial charge in [0.05, 0.1) is 23.3 Å². The van der Waals surface area contributed by atoms with Crippen LogP contribution in [0.15, 0.2) is 29.6 Å². The summed E-state index contributed by atoms with van der Waals surface area (Å²) in [6, 6.07) is 6.34. The van der Waals surface area contributed by atoms with E-state index in [-0.39, 0.29) is 23.4 Å². The molecule has 2 aromatic rings. The van der Waals surface area contributed by atoms with Gasteiger partial charge >= 0.3 is 0 Å². The van der Waals surface area contributed by atoms with Crippen molar-refractivity contribution in [1.82, 2.24) is 4.98 Å². The third-order valence-corrected chi connectivity index (χ3v) is 6.03. The molecule has 7 heteroatoms. The molecule has 0 saturated carbocycles. The van der Waals surface area contributed by atoms with E-state index in [2.05, 4.69) is 4.98 Å². The number of halogens is 1. The lowest BCUT2D eigenvalue weighted by Gasteiger charge is -2.08. The highest BCUT2D eigenvalue weighted by molar-refractivity contribution is 7.90. The molecule has 0 bridgehead atoms. The first-order chi connectivity index (χ1) is 10.5. The van der Waals surface area contributed by atoms with Crippen molar-refractivity contribution in [1.29, 1.82) is 0 Å². The van der Waals surface area contributed by atoms with Crippen molar-refractivity contribution in [3.8, 4) is 10.6 Å². The second-order valence-corrected chi connectivity index (χ2v) is 8.28. The van der Waals surface area contributed by atoms with Crippen LogP contribution in [-0.4, -0.2) is 31.9 Å². The number of hydrogen-bond acceptors (Lipinski definition) is 5. The lowest BCUT2D eigenvalue weighted by atomic mass is 10.2. The number of hydrogen-bond donors (Lipinski definition) is 0. The second kappa shape index (κ2) is 6.44. The summed E-state index contributed by atoms with van der Waals surface area (Å²) >= 11 is 1.25. The molecule has 0 spiro atoms. The molecule has 1 saturated heterocycles. The molecule has 22 heavy (non-hydrogen) atoms. The quantitative estimate of drug-likeness (QED) is 0.839. The van der Waals surface area contributed by atoms with Crippen molar-refractivity contribution in [3.05, 3.63) is 41.2 Å². The van der Waals surface area contributed by atoms with E-state index >= 15 is 0 Å². The molecule has 4 nitrogen and oxygen atoms in total. The number of aromatic nitrogens is 1. The van der Waals surface area contributed by atoms with Gasteiger partial charge in [-0.1, -0.05) is 12.1 Å². The lowest BCUT2D eigenvalue weighted by Crippen LogP contribution is -2.21. The maximum absolute atomic E-state index is 13.7. The van der Waals surface area contributed by atoms with E-state index in [1.165, 1.54) is 17.4 Å². The molecule has 1 atom stereocenters. The molecule has 1 aliphatic heterocycles. The summed E-state index contributed by atoms with van der Waals surface area (Å²) in [5, 5.41) is 2.18. The Bertz CT molecular complexity index is 752. The highest BCUT2D eigenvalue weighted by Crippen LogP contribution is 2.27. The normalized spacial score (nSPS) is 18.7. The first kappa shape index (κ1) is 15.6. The molecule has 3 rings (SSSR count). The predicted molar refractivity (Wildman–Crippen MR) is 84.0 cm³/mol. The zero-order valence-corrected chi connectivity index (χ0v) is 13.5.